The Morgan fingerprint density at radius 2 is 2.32 bits per heavy atom. The molecule has 0 aliphatic heterocycles. The van der Waals surface area contributed by atoms with Gasteiger partial charge in [0.1, 0.15) is 5.82 Å². The van der Waals surface area contributed by atoms with Crippen LogP contribution in [0, 0.1) is 17.8 Å². The Morgan fingerprint density at radius 3 is 2.95 bits per heavy atom. The number of carboxylic acid groups (broad SMARTS) is 1. The van der Waals surface area contributed by atoms with E-state index in [1.54, 1.807) is 0 Å². The first-order valence-corrected chi connectivity index (χ1v) is 7.14. The van der Waals surface area contributed by atoms with E-state index in [1.165, 1.54) is 37.9 Å². The van der Waals surface area contributed by atoms with Crippen molar-refractivity contribution in [3.63, 3.8) is 0 Å². The van der Waals surface area contributed by atoms with Gasteiger partial charge in [0, 0.05) is 12.7 Å². The van der Waals surface area contributed by atoms with Crippen LogP contribution in [0.2, 0.25) is 5.02 Å². The summed E-state index contributed by atoms with van der Waals surface area (Å²) in [6.07, 6.45) is 6.82. The molecule has 1 aromatic heterocycles. The van der Waals surface area contributed by atoms with Crippen LogP contribution in [0.5, 0.6) is 0 Å². The predicted molar refractivity (Wildman–Crippen MR) is 73.6 cm³/mol. The Morgan fingerprint density at radius 1 is 1.47 bits per heavy atom. The number of rotatable bonds is 4. The summed E-state index contributed by atoms with van der Waals surface area (Å²) >= 11 is 5.80. The molecule has 2 saturated carbocycles. The summed E-state index contributed by atoms with van der Waals surface area (Å²) in [6, 6.07) is 1.51. The van der Waals surface area contributed by atoms with E-state index in [4.69, 9.17) is 16.7 Å². The van der Waals surface area contributed by atoms with Gasteiger partial charge in [-0.05, 0) is 43.1 Å². The Hall–Kier alpha value is -1.29. The van der Waals surface area contributed by atoms with Crippen LogP contribution in [-0.4, -0.2) is 22.6 Å². The highest BCUT2D eigenvalue weighted by Crippen LogP contribution is 2.48. The van der Waals surface area contributed by atoms with E-state index in [9.17, 15) is 4.79 Å². The third-order valence-corrected chi connectivity index (χ3v) is 4.82. The minimum absolute atomic E-state index is 0.104. The van der Waals surface area contributed by atoms with Gasteiger partial charge in [0.15, 0.2) is 0 Å². The molecule has 2 aliphatic carbocycles. The minimum Gasteiger partial charge on any atom is -0.478 e. The Labute approximate surface area is 117 Å². The second kappa shape index (κ2) is 5.00. The van der Waals surface area contributed by atoms with Crippen LogP contribution < -0.4 is 5.32 Å². The van der Waals surface area contributed by atoms with E-state index in [1.807, 2.05) is 0 Å². The second-order valence-corrected chi connectivity index (χ2v) is 6.08. The lowest BCUT2D eigenvalue weighted by Gasteiger charge is -2.22. The summed E-state index contributed by atoms with van der Waals surface area (Å²) in [5, 5.41) is 12.5. The number of carbonyl (C=O) groups is 1. The molecule has 2 N–H and O–H groups in total. The van der Waals surface area contributed by atoms with E-state index in [0.29, 0.717) is 11.7 Å². The first kappa shape index (κ1) is 12.7. The molecule has 5 heteroatoms. The van der Waals surface area contributed by atoms with Gasteiger partial charge in [-0.2, -0.15) is 0 Å². The monoisotopic (exact) mass is 280 g/mol. The molecule has 0 spiro atoms. The van der Waals surface area contributed by atoms with Gasteiger partial charge >= 0.3 is 5.97 Å². The van der Waals surface area contributed by atoms with Gasteiger partial charge in [-0.25, -0.2) is 9.78 Å². The molecule has 2 aliphatic rings. The number of pyridine rings is 1. The fourth-order valence-corrected chi connectivity index (χ4v) is 3.75. The van der Waals surface area contributed by atoms with Crippen LogP contribution in [0.4, 0.5) is 5.82 Å². The van der Waals surface area contributed by atoms with Crippen LogP contribution in [0.25, 0.3) is 0 Å². The number of anilines is 1. The van der Waals surface area contributed by atoms with Crippen LogP contribution in [0.3, 0.4) is 0 Å². The van der Waals surface area contributed by atoms with Crippen molar-refractivity contribution >= 4 is 23.4 Å². The largest absolute Gasteiger partial charge is 0.478 e. The highest BCUT2D eigenvalue weighted by molar-refractivity contribution is 6.33. The second-order valence-electron chi connectivity index (χ2n) is 5.67. The first-order valence-electron chi connectivity index (χ1n) is 6.76. The molecule has 1 heterocycles. The lowest BCUT2D eigenvalue weighted by molar-refractivity contribution is 0.0697. The maximum atomic E-state index is 11.0. The molecule has 3 atom stereocenters. The molecule has 102 valence electrons. The van der Waals surface area contributed by atoms with Gasteiger partial charge in [0.25, 0.3) is 0 Å². The highest BCUT2D eigenvalue weighted by Gasteiger charge is 2.39. The zero-order valence-corrected chi connectivity index (χ0v) is 11.4. The zero-order valence-electron chi connectivity index (χ0n) is 10.6. The van der Waals surface area contributed by atoms with E-state index >= 15 is 0 Å². The van der Waals surface area contributed by atoms with Gasteiger partial charge in [0.2, 0.25) is 0 Å². The van der Waals surface area contributed by atoms with Crippen LogP contribution >= 0.6 is 11.6 Å². The van der Waals surface area contributed by atoms with Crippen molar-refractivity contribution in [2.45, 2.75) is 25.7 Å². The average molecular weight is 281 g/mol. The summed E-state index contributed by atoms with van der Waals surface area (Å²) in [4.78, 5) is 15.1. The van der Waals surface area contributed by atoms with Crippen LogP contribution in [0.1, 0.15) is 36.0 Å². The van der Waals surface area contributed by atoms with Crippen molar-refractivity contribution in [3.8, 4) is 0 Å². The third kappa shape index (κ3) is 2.54. The summed E-state index contributed by atoms with van der Waals surface area (Å²) in [7, 11) is 0. The number of hydrogen-bond donors (Lipinski definition) is 2. The molecule has 3 rings (SSSR count). The molecular formula is C14H17ClN2O2. The van der Waals surface area contributed by atoms with Gasteiger partial charge < -0.3 is 10.4 Å². The maximum Gasteiger partial charge on any atom is 0.337 e. The molecule has 0 saturated heterocycles. The minimum atomic E-state index is -1.02. The smallest absolute Gasteiger partial charge is 0.337 e. The molecule has 2 bridgehead atoms. The van der Waals surface area contributed by atoms with Crippen molar-refractivity contribution in [2.24, 2.45) is 17.8 Å². The molecule has 0 aromatic carbocycles. The van der Waals surface area contributed by atoms with Gasteiger partial charge in [-0.1, -0.05) is 18.0 Å². The molecule has 2 fully saturated rings. The predicted octanol–water partition coefficient (Wildman–Crippen LogP) is 3.28. The van der Waals surface area contributed by atoms with Crippen molar-refractivity contribution < 1.29 is 9.90 Å². The van der Waals surface area contributed by atoms with E-state index in [-0.39, 0.29) is 10.6 Å². The normalized spacial score (nSPS) is 28.6. The molecule has 0 radical (unpaired) electrons. The molecular weight excluding hydrogens is 264 g/mol. The number of hydrogen-bond acceptors (Lipinski definition) is 3. The number of aromatic nitrogens is 1. The van der Waals surface area contributed by atoms with Crippen LogP contribution in [-0.2, 0) is 0 Å². The third-order valence-electron chi connectivity index (χ3n) is 4.52. The van der Waals surface area contributed by atoms with Crippen molar-refractivity contribution in [1.82, 2.24) is 4.98 Å². The number of carboxylic acids is 1. The lowest BCUT2D eigenvalue weighted by atomic mass is 9.89. The maximum absolute atomic E-state index is 11.0. The highest BCUT2D eigenvalue weighted by atomic mass is 35.5. The van der Waals surface area contributed by atoms with Crippen molar-refractivity contribution in [3.05, 3.63) is 22.8 Å². The summed E-state index contributed by atoms with van der Waals surface area (Å²) in [5.41, 5.74) is 0.104. The number of aromatic carboxylic acids is 1. The molecule has 4 nitrogen and oxygen atoms in total. The fourth-order valence-electron chi connectivity index (χ4n) is 3.56. The Kier molecular flexibility index (Phi) is 3.35. The number of fused-ring (bicyclic) bond motifs is 2. The summed E-state index contributed by atoms with van der Waals surface area (Å²) in [6.45, 7) is 0.884. The topological polar surface area (TPSA) is 62.2 Å². The summed E-state index contributed by atoms with van der Waals surface area (Å²) in [5.74, 6) is 2.07. The SMILES string of the molecule is O=C(O)c1cc(NCC2CC3CCC2C3)ncc1Cl. The van der Waals surface area contributed by atoms with E-state index < -0.39 is 5.97 Å². The number of halogens is 1. The van der Waals surface area contributed by atoms with Crippen LogP contribution in [0.15, 0.2) is 12.3 Å². The standard InChI is InChI=1S/C14H17ClN2O2/c15-12-7-17-13(5-11(12)14(18)19)16-6-10-4-8-1-2-9(10)3-8/h5,7-10H,1-4,6H2,(H,16,17)(H,18,19). The molecule has 0 amide bonds. The number of nitrogens with one attached hydrogen (secondary N) is 1. The zero-order chi connectivity index (χ0) is 13.4. The molecule has 19 heavy (non-hydrogen) atoms. The Balaban J connectivity index is 1.64. The van der Waals surface area contributed by atoms with Gasteiger partial charge in [-0.15, -0.1) is 0 Å². The van der Waals surface area contributed by atoms with Crippen molar-refractivity contribution in [1.29, 1.82) is 0 Å². The average Bonchev–Trinajstić information content (AvgIpc) is 2.99. The summed E-state index contributed by atoms with van der Waals surface area (Å²) < 4.78 is 0. The van der Waals surface area contributed by atoms with Gasteiger partial charge in [-0.3, -0.25) is 0 Å². The number of nitrogens with zero attached hydrogens (tertiary/aromatic N) is 1. The van der Waals surface area contributed by atoms with Gasteiger partial charge in [0.05, 0.1) is 10.6 Å². The van der Waals surface area contributed by atoms with E-state index in [0.717, 1.165) is 18.4 Å². The quantitative estimate of drug-likeness (QED) is 0.888. The van der Waals surface area contributed by atoms with Crippen molar-refractivity contribution in [2.75, 3.05) is 11.9 Å². The first-order chi connectivity index (χ1) is 9.13. The molecule has 1 aromatic rings. The Bertz CT molecular complexity index is 506. The van der Waals surface area contributed by atoms with E-state index in [2.05, 4.69) is 10.3 Å². The fraction of sp³-hybridized carbons (Fsp3) is 0.571. The molecule has 3 unspecified atom stereocenters. The lowest BCUT2D eigenvalue weighted by Crippen LogP contribution is -2.20.